The van der Waals surface area contributed by atoms with E-state index < -0.39 is 17.7 Å². The molecule has 2 amide bonds. The molecular weight excluding hydrogens is 420 g/mol. The molecule has 0 saturated carbocycles. The fourth-order valence-electron chi connectivity index (χ4n) is 3.78. The van der Waals surface area contributed by atoms with Gasteiger partial charge in [0, 0.05) is 30.6 Å². The highest BCUT2D eigenvalue weighted by Crippen LogP contribution is 2.30. The first-order chi connectivity index (χ1) is 16.0. The molecule has 0 radical (unpaired) electrons. The summed E-state index contributed by atoms with van der Waals surface area (Å²) < 4.78 is 5.10. The minimum Gasteiger partial charge on any atom is -0.445 e. The lowest BCUT2D eigenvalue weighted by Gasteiger charge is -2.16. The number of hydrogen-bond donors (Lipinski definition) is 2. The molecule has 7 heteroatoms. The second kappa shape index (κ2) is 9.65. The molecule has 0 heterocycles. The quantitative estimate of drug-likeness (QED) is 0.427. The van der Waals surface area contributed by atoms with Gasteiger partial charge < -0.3 is 15.4 Å². The van der Waals surface area contributed by atoms with Crippen LogP contribution in [0.25, 0.3) is 27.6 Å². The third-order valence-electron chi connectivity index (χ3n) is 5.50. The number of hydrogen-bond acceptors (Lipinski definition) is 5. The van der Waals surface area contributed by atoms with Crippen LogP contribution in [0.3, 0.4) is 0 Å². The zero-order valence-corrected chi connectivity index (χ0v) is 18.3. The van der Waals surface area contributed by atoms with Gasteiger partial charge in [-0.05, 0) is 63.9 Å². The lowest BCUT2D eigenvalue weighted by Crippen LogP contribution is -2.32. The molecule has 0 aliphatic heterocycles. The second-order valence-electron chi connectivity index (χ2n) is 7.92. The van der Waals surface area contributed by atoms with E-state index in [2.05, 4.69) is 10.6 Å². The zero-order chi connectivity index (χ0) is 23.4. The van der Waals surface area contributed by atoms with E-state index in [9.17, 15) is 19.2 Å². The summed E-state index contributed by atoms with van der Waals surface area (Å²) in [5.74, 6) is -1.46. The summed E-state index contributed by atoms with van der Waals surface area (Å²) in [6, 6.07) is 15.6. The van der Waals surface area contributed by atoms with E-state index in [1.807, 2.05) is 49.4 Å². The Hall–Kier alpha value is -4.00. The molecule has 0 fully saturated rings. The molecule has 0 bridgehead atoms. The summed E-state index contributed by atoms with van der Waals surface area (Å²) in [4.78, 5) is 48.8. The van der Waals surface area contributed by atoms with Crippen molar-refractivity contribution in [1.29, 1.82) is 0 Å². The summed E-state index contributed by atoms with van der Waals surface area (Å²) in [7, 11) is 0. The van der Waals surface area contributed by atoms with E-state index >= 15 is 0 Å². The van der Waals surface area contributed by atoms with Gasteiger partial charge >= 0.3 is 6.09 Å². The van der Waals surface area contributed by atoms with Crippen LogP contribution in [-0.2, 0) is 14.3 Å². The molecule has 1 aliphatic rings. The fraction of sp³-hybridized carbons (Fsp3) is 0.231. The number of carbonyl (C=O) groups is 4. The fourth-order valence-corrected chi connectivity index (χ4v) is 3.78. The van der Waals surface area contributed by atoms with E-state index in [1.165, 1.54) is 0 Å². The Kier molecular flexibility index (Phi) is 6.49. The number of nitrogens with one attached hydrogen (secondary N) is 2. The molecule has 0 spiro atoms. The second-order valence-corrected chi connectivity index (χ2v) is 7.92. The van der Waals surface area contributed by atoms with Crippen LogP contribution in [0, 0.1) is 0 Å². The van der Waals surface area contributed by atoms with E-state index in [-0.39, 0.29) is 31.1 Å². The molecule has 0 unspecified atom stereocenters. The SMILES string of the molecule is CCCNC(=O)CCNC(=O)OCC1=Cc2cc3cc4ccccc4cc3cc2C(=O)C1=O. The van der Waals surface area contributed by atoms with Gasteiger partial charge in [-0.2, -0.15) is 0 Å². The minimum atomic E-state index is -0.754. The zero-order valence-electron chi connectivity index (χ0n) is 18.3. The van der Waals surface area contributed by atoms with Crippen LogP contribution in [0.5, 0.6) is 0 Å². The molecule has 168 valence electrons. The Balaban J connectivity index is 1.46. The minimum absolute atomic E-state index is 0.114. The summed E-state index contributed by atoms with van der Waals surface area (Å²) >= 11 is 0. The van der Waals surface area contributed by atoms with Gasteiger partial charge in [0.15, 0.2) is 0 Å². The molecule has 2 N–H and O–H groups in total. The maximum absolute atomic E-state index is 12.7. The Morgan fingerprint density at radius 1 is 0.848 bits per heavy atom. The van der Waals surface area contributed by atoms with Gasteiger partial charge in [-0.25, -0.2) is 4.79 Å². The van der Waals surface area contributed by atoms with Gasteiger partial charge in [0.25, 0.3) is 0 Å². The van der Waals surface area contributed by atoms with Crippen molar-refractivity contribution >= 4 is 51.2 Å². The van der Waals surface area contributed by atoms with Crippen LogP contribution < -0.4 is 10.6 Å². The van der Waals surface area contributed by atoms with Gasteiger partial charge in [-0.1, -0.05) is 31.2 Å². The van der Waals surface area contributed by atoms with Crippen molar-refractivity contribution < 1.29 is 23.9 Å². The molecule has 0 atom stereocenters. The summed E-state index contributed by atoms with van der Waals surface area (Å²) in [6.07, 6.45) is 1.80. The molecule has 1 aliphatic carbocycles. The smallest absolute Gasteiger partial charge is 0.407 e. The van der Waals surface area contributed by atoms with Gasteiger partial charge in [0.1, 0.15) is 6.61 Å². The summed E-state index contributed by atoms with van der Waals surface area (Å²) in [6.45, 7) is 2.32. The number of fused-ring (bicyclic) bond motifs is 3. The van der Waals surface area contributed by atoms with Crippen LogP contribution in [0.15, 0.2) is 54.1 Å². The lowest BCUT2D eigenvalue weighted by molar-refractivity contribution is -0.121. The maximum atomic E-state index is 12.7. The third kappa shape index (κ3) is 4.92. The number of benzene rings is 3. The number of Topliss-reactive ketones (excluding diaryl/α,β-unsaturated/α-hetero) is 2. The predicted molar refractivity (Wildman–Crippen MR) is 126 cm³/mol. The molecule has 0 aromatic heterocycles. The van der Waals surface area contributed by atoms with Gasteiger partial charge in [-0.15, -0.1) is 0 Å². The molecule has 3 aromatic rings. The number of carbonyl (C=O) groups excluding carboxylic acids is 4. The van der Waals surface area contributed by atoms with Crippen molar-refractivity contribution in [2.45, 2.75) is 19.8 Å². The molecule has 4 rings (SSSR count). The highest BCUT2D eigenvalue weighted by Gasteiger charge is 2.28. The lowest BCUT2D eigenvalue weighted by atomic mass is 9.88. The molecule has 33 heavy (non-hydrogen) atoms. The van der Waals surface area contributed by atoms with Crippen molar-refractivity contribution in [3.63, 3.8) is 0 Å². The largest absolute Gasteiger partial charge is 0.445 e. The monoisotopic (exact) mass is 444 g/mol. The Morgan fingerprint density at radius 2 is 1.55 bits per heavy atom. The summed E-state index contributed by atoms with van der Waals surface area (Å²) in [5.41, 5.74) is 1.08. The number of ether oxygens (including phenoxy) is 1. The summed E-state index contributed by atoms with van der Waals surface area (Å²) in [5, 5.41) is 9.14. The van der Waals surface area contributed by atoms with Gasteiger partial charge in [-0.3, -0.25) is 14.4 Å². The van der Waals surface area contributed by atoms with Crippen molar-refractivity contribution in [2.24, 2.45) is 0 Å². The normalized spacial score (nSPS) is 12.9. The third-order valence-corrected chi connectivity index (χ3v) is 5.50. The Bertz CT molecular complexity index is 1310. The number of ketones is 2. The predicted octanol–water partition coefficient (Wildman–Crippen LogP) is 3.78. The first-order valence-corrected chi connectivity index (χ1v) is 10.9. The van der Waals surface area contributed by atoms with E-state index in [0.29, 0.717) is 17.7 Å². The van der Waals surface area contributed by atoms with Crippen molar-refractivity contribution in [3.05, 3.63) is 65.2 Å². The van der Waals surface area contributed by atoms with Crippen LogP contribution in [0.2, 0.25) is 0 Å². The Morgan fingerprint density at radius 3 is 2.24 bits per heavy atom. The molecule has 0 saturated heterocycles. The Labute approximate surface area is 190 Å². The highest BCUT2D eigenvalue weighted by molar-refractivity contribution is 6.52. The van der Waals surface area contributed by atoms with Crippen molar-refractivity contribution in [2.75, 3.05) is 19.7 Å². The van der Waals surface area contributed by atoms with Crippen LogP contribution in [0.1, 0.15) is 35.7 Å². The van der Waals surface area contributed by atoms with Gasteiger partial charge in [0.05, 0.1) is 0 Å². The van der Waals surface area contributed by atoms with Gasteiger partial charge in [0.2, 0.25) is 17.5 Å². The van der Waals surface area contributed by atoms with E-state index in [4.69, 9.17) is 4.74 Å². The highest BCUT2D eigenvalue weighted by atomic mass is 16.5. The van der Waals surface area contributed by atoms with E-state index in [1.54, 1.807) is 12.1 Å². The standard InChI is InChI=1S/C26H24N2O5/c1-2-8-27-23(29)7-9-28-26(32)33-15-21-13-20-12-18-10-16-5-3-4-6-17(16)11-19(18)14-22(20)25(31)24(21)30/h3-6,10-14H,2,7-9,15H2,1H3,(H,27,29)(H,28,32). The average molecular weight is 444 g/mol. The van der Waals surface area contributed by atoms with E-state index in [0.717, 1.165) is 28.0 Å². The van der Waals surface area contributed by atoms with Crippen LogP contribution >= 0.6 is 0 Å². The maximum Gasteiger partial charge on any atom is 0.407 e. The number of amides is 2. The van der Waals surface area contributed by atoms with Crippen molar-refractivity contribution in [3.8, 4) is 0 Å². The number of rotatable bonds is 7. The number of alkyl carbamates (subject to hydrolysis) is 1. The molecule has 3 aromatic carbocycles. The van der Waals surface area contributed by atoms with Crippen LogP contribution in [-0.4, -0.2) is 43.3 Å². The average Bonchev–Trinajstić information content (AvgIpc) is 2.82. The van der Waals surface area contributed by atoms with Crippen LogP contribution in [0.4, 0.5) is 4.79 Å². The molecular formula is C26H24N2O5. The first kappa shape index (κ1) is 22.2. The topological polar surface area (TPSA) is 102 Å². The molecule has 7 nitrogen and oxygen atoms in total. The van der Waals surface area contributed by atoms with Crippen molar-refractivity contribution in [1.82, 2.24) is 10.6 Å². The first-order valence-electron chi connectivity index (χ1n) is 10.9.